The Morgan fingerprint density at radius 3 is 2.60 bits per heavy atom. The van der Waals surface area contributed by atoms with E-state index in [2.05, 4.69) is 33.5 Å². The van der Waals surface area contributed by atoms with Crippen molar-refractivity contribution in [2.75, 3.05) is 0 Å². The maximum absolute atomic E-state index is 12.9. The summed E-state index contributed by atoms with van der Waals surface area (Å²) in [5.41, 5.74) is 3.89. The van der Waals surface area contributed by atoms with Gasteiger partial charge in [-0.1, -0.05) is 28.1 Å². The van der Waals surface area contributed by atoms with E-state index in [1.165, 1.54) is 6.07 Å². The van der Waals surface area contributed by atoms with Gasteiger partial charge in [-0.25, -0.2) is 0 Å². The van der Waals surface area contributed by atoms with Crippen LogP contribution >= 0.6 is 28.1 Å². The van der Waals surface area contributed by atoms with Gasteiger partial charge in [-0.2, -0.15) is 13.2 Å². The first kappa shape index (κ1) is 16.9. The molecule has 1 amide bonds. The molecular formula is C12H12BrF3N2OS. The van der Waals surface area contributed by atoms with Crippen LogP contribution in [0.25, 0.3) is 0 Å². The predicted molar refractivity (Wildman–Crippen MR) is 77.5 cm³/mol. The molecule has 110 valence electrons. The summed E-state index contributed by atoms with van der Waals surface area (Å²) < 4.78 is 38.9. The van der Waals surface area contributed by atoms with Gasteiger partial charge in [-0.05, 0) is 25.1 Å². The Morgan fingerprint density at radius 1 is 1.50 bits per heavy atom. The molecule has 1 unspecified atom stereocenters. The van der Waals surface area contributed by atoms with Crippen LogP contribution in [-0.4, -0.2) is 16.9 Å². The van der Waals surface area contributed by atoms with Crippen molar-refractivity contribution in [3.05, 3.63) is 33.8 Å². The van der Waals surface area contributed by atoms with Crippen LogP contribution in [0.15, 0.2) is 22.7 Å². The maximum Gasteiger partial charge on any atom is 0.417 e. The highest BCUT2D eigenvalue weighted by molar-refractivity contribution is 9.10. The van der Waals surface area contributed by atoms with E-state index in [9.17, 15) is 18.0 Å². The highest BCUT2D eigenvalue weighted by atomic mass is 79.9. The van der Waals surface area contributed by atoms with Gasteiger partial charge in [0.1, 0.15) is 0 Å². The van der Waals surface area contributed by atoms with E-state index in [-0.39, 0.29) is 15.9 Å². The smallest absolute Gasteiger partial charge is 0.393 e. The summed E-state index contributed by atoms with van der Waals surface area (Å²) in [6.45, 7) is 1.61. The van der Waals surface area contributed by atoms with E-state index in [4.69, 9.17) is 5.73 Å². The van der Waals surface area contributed by atoms with Crippen LogP contribution in [0.5, 0.6) is 0 Å². The molecule has 0 aliphatic rings. The second kappa shape index (κ2) is 6.53. The highest BCUT2D eigenvalue weighted by Crippen LogP contribution is 2.33. The molecule has 0 aliphatic carbocycles. The van der Waals surface area contributed by atoms with Crippen molar-refractivity contribution in [2.24, 2.45) is 5.73 Å². The number of hydrogen-bond donors (Lipinski definition) is 2. The van der Waals surface area contributed by atoms with Crippen LogP contribution in [0.3, 0.4) is 0 Å². The quantitative estimate of drug-likeness (QED) is 0.802. The average molecular weight is 369 g/mol. The first-order chi connectivity index (χ1) is 9.11. The minimum Gasteiger partial charge on any atom is -0.393 e. The summed E-state index contributed by atoms with van der Waals surface area (Å²) in [5.74, 6) is -0.812. The van der Waals surface area contributed by atoms with Crippen molar-refractivity contribution in [3.63, 3.8) is 0 Å². The molecule has 0 bridgehead atoms. The van der Waals surface area contributed by atoms with Crippen LogP contribution in [0.4, 0.5) is 13.2 Å². The SMILES string of the molecule is CC(CC(N)=S)NC(=O)c1ccc(Br)cc1C(F)(F)F. The van der Waals surface area contributed by atoms with Crippen molar-refractivity contribution in [2.45, 2.75) is 25.6 Å². The van der Waals surface area contributed by atoms with Crippen molar-refractivity contribution in [3.8, 4) is 0 Å². The number of benzene rings is 1. The number of hydrogen-bond acceptors (Lipinski definition) is 2. The molecule has 0 aliphatic heterocycles. The lowest BCUT2D eigenvalue weighted by atomic mass is 10.1. The molecule has 0 heterocycles. The minimum atomic E-state index is -4.61. The molecule has 3 N–H and O–H groups in total. The third-order valence-corrected chi connectivity index (χ3v) is 3.08. The monoisotopic (exact) mass is 368 g/mol. The average Bonchev–Trinajstić information content (AvgIpc) is 2.25. The summed E-state index contributed by atoms with van der Waals surface area (Å²) in [5, 5.41) is 2.44. The zero-order valence-electron chi connectivity index (χ0n) is 10.4. The largest absolute Gasteiger partial charge is 0.417 e. The molecule has 0 fully saturated rings. The maximum atomic E-state index is 12.9. The highest BCUT2D eigenvalue weighted by Gasteiger charge is 2.35. The van der Waals surface area contributed by atoms with E-state index in [1.54, 1.807) is 6.92 Å². The van der Waals surface area contributed by atoms with E-state index in [1.807, 2.05) is 0 Å². The van der Waals surface area contributed by atoms with Gasteiger partial charge >= 0.3 is 6.18 Å². The van der Waals surface area contributed by atoms with Crippen molar-refractivity contribution < 1.29 is 18.0 Å². The summed E-state index contributed by atoms with van der Waals surface area (Å²) in [4.78, 5) is 12.1. The van der Waals surface area contributed by atoms with Crippen LogP contribution in [0.2, 0.25) is 0 Å². The molecule has 0 radical (unpaired) electrons. The number of rotatable bonds is 4. The van der Waals surface area contributed by atoms with Crippen LogP contribution in [-0.2, 0) is 6.18 Å². The Kier molecular flexibility index (Phi) is 5.52. The lowest BCUT2D eigenvalue weighted by Gasteiger charge is -2.16. The Hall–Kier alpha value is -1.15. The fourth-order valence-corrected chi connectivity index (χ4v) is 2.21. The first-order valence-corrected chi connectivity index (χ1v) is 6.77. The van der Waals surface area contributed by atoms with Gasteiger partial charge in [0.05, 0.1) is 16.1 Å². The molecule has 8 heteroatoms. The first-order valence-electron chi connectivity index (χ1n) is 5.57. The fraction of sp³-hybridized carbons (Fsp3) is 0.333. The number of carbonyl (C=O) groups is 1. The molecular weight excluding hydrogens is 357 g/mol. The van der Waals surface area contributed by atoms with Crippen molar-refractivity contribution in [1.29, 1.82) is 0 Å². The number of carbonyl (C=O) groups excluding carboxylic acids is 1. The number of thiocarbonyl (C=S) groups is 1. The summed E-state index contributed by atoms with van der Waals surface area (Å²) >= 11 is 7.64. The van der Waals surface area contributed by atoms with Gasteiger partial charge in [0.25, 0.3) is 5.91 Å². The second-order valence-electron chi connectivity index (χ2n) is 4.23. The summed E-state index contributed by atoms with van der Waals surface area (Å²) in [6, 6.07) is 2.93. The number of amides is 1. The van der Waals surface area contributed by atoms with Gasteiger partial charge in [-0.15, -0.1) is 0 Å². The zero-order chi connectivity index (χ0) is 15.5. The third-order valence-electron chi connectivity index (χ3n) is 2.42. The topological polar surface area (TPSA) is 55.1 Å². The molecule has 0 saturated heterocycles. The Morgan fingerprint density at radius 2 is 2.10 bits per heavy atom. The molecule has 3 nitrogen and oxygen atoms in total. The normalized spacial score (nSPS) is 12.8. The molecule has 1 atom stereocenters. The predicted octanol–water partition coefficient (Wildman–Crippen LogP) is 3.26. The summed E-state index contributed by atoms with van der Waals surface area (Å²) in [7, 11) is 0. The second-order valence-corrected chi connectivity index (χ2v) is 5.67. The minimum absolute atomic E-state index is 0.185. The number of alkyl halides is 3. The lowest BCUT2D eigenvalue weighted by molar-refractivity contribution is -0.138. The number of nitrogens with two attached hydrogens (primary N) is 1. The zero-order valence-corrected chi connectivity index (χ0v) is 12.8. The van der Waals surface area contributed by atoms with Crippen LogP contribution < -0.4 is 11.1 Å². The Labute approximate surface area is 127 Å². The lowest BCUT2D eigenvalue weighted by Crippen LogP contribution is -2.36. The molecule has 0 spiro atoms. The van der Waals surface area contributed by atoms with Gasteiger partial charge in [0.15, 0.2) is 0 Å². The molecule has 1 aromatic rings. The van der Waals surface area contributed by atoms with Gasteiger partial charge in [-0.3, -0.25) is 4.79 Å². The van der Waals surface area contributed by atoms with E-state index < -0.39 is 29.3 Å². The summed E-state index contributed by atoms with van der Waals surface area (Å²) in [6.07, 6.45) is -4.39. The molecule has 0 aromatic heterocycles. The van der Waals surface area contributed by atoms with E-state index in [0.29, 0.717) is 0 Å². The van der Waals surface area contributed by atoms with Crippen LogP contribution in [0, 0.1) is 0 Å². The Balaban J connectivity index is 3.01. The van der Waals surface area contributed by atoms with Crippen molar-refractivity contribution >= 4 is 39.0 Å². The molecule has 0 saturated carbocycles. The standard InChI is InChI=1S/C12H12BrF3N2OS/c1-6(4-10(17)20)18-11(19)8-3-2-7(13)5-9(8)12(14,15)16/h2-3,5-6H,4H2,1H3,(H2,17,20)(H,18,19). The molecule has 1 rings (SSSR count). The van der Waals surface area contributed by atoms with E-state index in [0.717, 1.165) is 12.1 Å². The number of halogens is 4. The van der Waals surface area contributed by atoms with Gasteiger partial charge in [0.2, 0.25) is 0 Å². The fourth-order valence-electron chi connectivity index (χ4n) is 1.60. The number of nitrogens with one attached hydrogen (secondary N) is 1. The Bertz CT molecular complexity index is 534. The van der Waals surface area contributed by atoms with Crippen molar-refractivity contribution in [1.82, 2.24) is 5.32 Å². The van der Waals surface area contributed by atoms with E-state index >= 15 is 0 Å². The third kappa shape index (κ3) is 4.75. The molecule has 20 heavy (non-hydrogen) atoms. The van der Waals surface area contributed by atoms with Gasteiger partial charge in [0, 0.05) is 16.9 Å². The van der Waals surface area contributed by atoms with Crippen LogP contribution in [0.1, 0.15) is 29.3 Å². The molecule has 1 aromatic carbocycles. The van der Waals surface area contributed by atoms with Gasteiger partial charge < -0.3 is 11.1 Å².